The molecule has 2 rings (SSSR count). The summed E-state index contributed by atoms with van der Waals surface area (Å²) < 4.78 is 27.6. The molecule has 0 spiro atoms. The fourth-order valence-electron chi connectivity index (χ4n) is 2.91. The lowest BCUT2D eigenvalue weighted by atomic mass is 9.78. The summed E-state index contributed by atoms with van der Waals surface area (Å²) >= 11 is 5.84. The van der Waals surface area contributed by atoms with E-state index >= 15 is 0 Å². The SMILES string of the molecule is CC1CCCC(CO)(NS(=O)(=O)c2cccc(Cl)c2)C1. The first-order chi connectivity index (χ1) is 9.37. The Morgan fingerprint density at radius 2 is 2.25 bits per heavy atom. The van der Waals surface area contributed by atoms with Crippen LogP contribution in [-0.2, 0) is 10.0 Å². The molecule has 1 aliphatic carbocycles. The second-order valence-corrected chi connectivity index (χ2v) is 7.82. The molecule has 2 N–H and O–H groups in total. The summed E-state index contributed by atoms with van der Waals surface area (Å²) in [7, 11) is -3.67. The van der Waals surface area contributed by atoms with Gasteiger partial charge in [0.25, 0.3) is 0 Å². The Balaban J connectivity index is 2.26. The molecule has 2 atom stereocenters. The van der Waals surface area contributed by atoms with Crippen molar-refractivity contribution >= 4 is 21.6 Å². The minimum Gasteiger partial charge on any atom is -0.394 e. The molecule has 0 bridgehead atoms. The van der Waals surface area contributed by atoms with Crippen LogP contribution in [0.2, 0.25) is 5.02 Å². The third kappa shape index (κ3) is 3.52. The molecule has 0 aromatic heterocycles. The molecule has 2 unspecified atom stereocenters. The van der Waals surface area contributed by atoms with Crippen LogP contribution < -0.4 is 4.72 Å². The van der Waals surface area contributed by atoms with Gasteiger partial charge in [-0.15, -0.1) is 0 Å². The molecule has 0 aliphatic heterocycles. The maximum Gasteiger partial charge on any atom is 0.241 e. The average Bonchev–Trinajstić information content (AvgIpc) is 2.38. The van der Waals surface area contributed by atoms with Crippen molar-refractivity contribution in [3.63, 3.8) is 0 Å². The number of benzene rings is 1. The highest BCUT2D eigenvalue weighted by Gasteiger charge is 2.38. The van der Waals surface area contributed by atoms with E-state index in [0.29, 0.717) is 23.8 Å². The van der Waals surface area contributed by atoms with Crippen LogP contribution in [0.3, 0.4) is 0 Å². The predicted octanol–water partition coefficient (Wildman–Crippen LogP) is 2.56. The number of aliphatic hydroxyl groups is 1. The van der Waals surface area contributed by atoms with E-state index in [1.165, 1.54) is 12.1 Å². The highest BCUT2D eigenvalue weighted by Crippen LogP contribution is 2.33. The summed E-state index contributed by atoms with van der Waals surface area (Å²) in [6.45, 7) is 1.90. The van der Waals surface area contributed by atoms with Crippen molar-refractivity contribution in [3.05, 3.63) is 29.3 Å². The summed E-state index contributed by atoms with van der Waals surface area (Å²) in [5.74, 6) is 0.401. The van der Waals surface area contributed by atoms with Crippen LogP contribution in [0.1, 0.15) is 32.6 Å². The van der Waals surface area contributed by atoms with E-state index in [2.05, 4.69) is 11.6 Å². The van der Waals surface area contributed by atoms with Crippen molar-refractivity contribution in [2.45, 2.75) is 43.0 Å². The van der Waals surface area contributed by atoms with Crippen molar-refractivity contribution < 1.29 is 13.5 Å². The van der Waals surface area contributed by atoms with E-state index in [1.54, 1.807) is 12.1 Å². The first-order valence-corrected chi connectivity index (χ1v) is 8.63. The molecule has 0 amide bonds. The van der Waals surface area contributed by atoms with Gasteiger partial charge in [0.2, 0.25) is 10.0 Å². The van der Waals surface area contributed by atoms with Gasteiger partial charge < -0.3 is 5.11 Å². The number of sulfonamides is 1. The first kappa shape index (κ1) is 15.8. The molecule has 1 saturated carbocycles. The van der Waals surface area contributed by atoms with Crippen molar-refractivity contribution in [1.82, 2.24) is 4.72 Å². The molecule has 20 heavy (non-hydrogen) atoms. The van der Waals surface area contributed by atoms with Crippen molar-refractivity contribution in [1.29, 1.82) is 0 Å². The van der Waals surface area contributed by atoms with Crippen LogP contribution in [0.5, 0.6) is 0 Å². The van der Waals surface area contributed by atoms with Crippen molar-refractivity contribution in [2.24, 2.45) is 5.92 Å². The van der Waals surface area contributed by atoms with Crippen LogP contribution in [0.15, 0.2) is 29.2 Å². The first-order valence-electron chi connectivity index (χ1n) is 6.77. The molecule has 112 valence electrons. The van der Waals surface area contributed by atoms with Crippen molar-refractivity contribution in [2.75, 3.05) is 6.61 Å². The Bertz CT molecular complexity index is 576. The van der Waals surface area contributed by atoms with Gasteiger partial charge in [-0.3, -0.25) is 0 Å². The quantitative estimate of drug-likeness (QED) is 0.897. The maximum absolute atomic E-state index is 12.4. The third-order valence-corrected chi connectivity index (χ3v) is 5.66. The molecule has 1 aliphatic rings. The molecule has 0 heterocycles. The van der Waals surface area contributed by atoms with Crippen molar-refractivity contribution in [3.8, 4) is 0 Å². The normalized spacial score (nSPS) is 27.4. The van der Waals surface area contributed by atoms with E-state index in [9.17, 15) is 13.5 Å². The number of hydrogen-bond acceptors (Lipinski definition) is 3. The number of rotatable bonds is 4. The molecule has 1 fully saturated rings. The number of halogens is 1. The molecular weight excluding hydrogens is 298 g/mol. The average molecular weight is 318 g/mol. The summed E-state index contributed by atoms with van der Waals surface area (Å²) in [5, 5.41) is 10.0. The van der Waals surface area contributed by atoms with E-state index in [0.717, 1.165) is 12.8 Å². The smallest absolute Gasteiger partial charge is 0.241 e. The Morgan fingerprint density at radius 3 is 2.85 bits per heavy atom. The minimum atomic E-state index is -3.67. The molecule has 4 nitrogen and oxygen atoms in total. The highest BCUT2D eigenvalue weighted by molar-refractivity contribution is 7.89. The largest absolute Gasteiger partial charge is 0.394 e. The van der Waals surface area contributed by atoms with Gasteiger partial charge in [-0.1, -0.05) is 37.4 Å². The molecular formula is C14H20ClNO3S. The zero-order valence-corrected chi connectivity index (χ0v) is 13.0. The maximum atomic E-state index is 12.4. The molecule has 1 aromatic rings. The zero-order valence-electron chi connectivity index (χ0n) is 11.5. The summed E-state index contributed by atoms with van der Waals surface area (Å²) in [6, 6.07) is 6.16. The molecule has 0 radical (unpaired) electrons. The van der Waals surface area contributed by atoms with Crippen LogP contribution in [0, 0.1) is 5.92 Å². The lowest BCUT2D eigenvalue weighted by Crippen LogP contribution is -2.53. The van der Waals surface area contributed by atoms with Gasteiger partial charge in [-0.2, -0.15) is 0 Å². The fourth-order valence-corrected chi connectivity index (χ4v) is 4.64. The monoisotopic (exact) mass is 317 g/mol. The van der Waals surface area contributed by atoms with Gasteiger partial charge >= 0.3 is 0 Å². The van der Waals surface area contributed by atoms with Crippen LogP contribution in [-0.4, -0.2) is 25.7 Å². The highest BCUT2D eigenvalue weighted by atomic mass is 35.5. The lowest BCUT2D eigenvalue weighted by molar-refractivity contribution is 0.120. The van der Waals surface area contributed by atoms with E-state index in [1.807, 2.05) is 0 Å². The molecule has 0 saturated heterocycles. The Labute approximate surface area is 125 Å². The van der Waals surface area contributed by atoms with Crippen LogP contribution >= 0.6 is 11.6 Å². The minimum absolute atomic E-state index is 0.135. The second-order valence-electron chi connectivity index (χ2n) is 5.70. The summed E-state index contributed by atoms with van der Waals surface area (Å²) in [6.07, 6.45) is 3.30. The van der Waals surface area contributed by atoms with Gasteiger partial charge in [-0.05, 0) is 37.0 Å². The predicted molar refractivity (Wildman–Crippen MR) is 79.2 cm³/mol. The van der Waals surface area contributed by atoms with Gasteiger partial charge in [-0.25, -0.2) is 13.1 Å². The number of hydrogen-bond donors (Lipinski definition) is 2. The topological polar surface area (TPSA) is 66.4 Å². The van der Waals surface area contributed by atoms with Gasteiger partial charge in [0.05, 0.1) is 17.0 Å². The molecule has 1 aromatic carbocycles. The van der Waals surface area contributed by atoms with E-state index in [4.69, 9.17) is 11.6 Å². The van der Waals surface area contributed by atoms with Gasteiger partial charge in [0.15, 0.2) is 0 Å². The second kappa shape index (κ2) is 6.02. The number of aliphatic hydroxyl groups excluding tert-OH is 1. The number of nitrogens with one attached hydrogen (secondary N) is 1. The summed E-state index contributed by atoms with van der Waals surface area (Å²) in [4.78, 5) is 0.135. The van der Waals surface area contributed by atoms with E-state index in [-0.39, 0.29) is 11.5 Å². The molecule has 6 heteroatoms. The Kier molecular flexibility index (Phi) is 4.74. The third-order valence-electron chi connectivity index (χ3n) is 3.85. The van der Waals surface area contributed by atoms with Crippen LogP contribution in [0.25, 0.3) is 0 Å². The van der Waals surface area contributed by atoms with Gasteiger partial charge in [0, 0.05) is 5.02 Å². The van der Waals surface area contributed by atoms with E-state index < -0.39 is 15.6 Å². The Morgan fingerprint density at radius 1 is 1.50 bits per heavy atom. The van der Waals surface area contributed by atoms with Crippen LogP contribution in [0.4, 0.5) is 0 Å². The summed E-state index contributed by atoms with van der Waals surface area (Å²) in [5.41, 5.74) is -0.751. The zero-order chi connectivity index (χ0) is 14.8. The van der Waals surface area contributed by atoms with Gasteiger partial charge in [0.1, 0.15) is 0 Å². The standard InChI is InChI=1S/C14H20ClNO3S/c1-11-4-3-7-14(9-11,10-17)16-20(18,19)13-6-2-5-12(15)8-13/h2,5-6,8,11,16-17H,3-4,7,9-10H2,1H3. The Hall–Kier alpha value is -0.620. The lowest BCUT2D eigenvalue weighted by Gasteiger charge is -2.39. The fraction of sp³-hybridized carbons (Fsp3) is 0.571.